The van der Waals surface area contributed by atoms with Crippen LogP contribution in [0.15, 0.2) is 57.4 Å². The summed E-state index contributed by atoms with van der Waals surface area (Å²) >= 11 is 8.04. The zero-order valence-corrected chi connectivity index (χ0v) is 15.8. The van der Waals surface area contributed by atoms with Crippen LogP contribution in [0, 0.1) is 13.8 Å². The van der Waals surface area contributed by atoms with E-state index in [1.54, 1.807) is 11.3 Å². The summed E-state index contributed by atoms with van der Waals surface area (Å²) in [6.45, 7) is 3.74. The Kier molecular flexibility index (Phi) is 4.49. The van der Waals surface area contributed by atoms with Gasteiger partial charge in [0.15, 0.2) is 0 Å². The lowest BCUT2D eigenvalue weighted by Crippen LogP contribution is -1.77. The smallest absolute Gasteiger partial charge is 0.259 e. The molecular formula is C20H15ClN2O2S. The van der Waals surface area contributed by atoms with Crippen LogP contribution in [0.3, 0.4) is 0 Å². The molecule has 4 nitrogen and oxygen atoms in total. The number of rotatable bonds is 4. The quantitative estimate of drug-likeness (QED) is 0.409. The minimum atomic E-state index is 0.287. The molecular weight excluding hydrogens is 368 g/mol. The van der Waals surface area contributed by atoms with Crippen molar-refractivity contribution in [1.82, 2.24) is 10.2 Å². The fraction of sp³-hybridized carbons (Fsp3) is 0.100. The molecule has 0 saturated carbocycles. The molecule has 1 aromatic carbocycles. The van der Waals surface area contributed by atoms with Crippen LogP contribution in [0.1, 0.15) is 22.3 Å². The SMILES string of the molecule is Cc1cc(-c2nnc(/C(Cl)=C/c3ccc(-c4ccccc4)s3)o2)c(C)o1. The second kappa shape index (κ2) is 6.94. The first-order valence-electron chi connectivity index (χ1n) is 8.04. The van der Waals surface area contributed by atoms with Gasteiger partial charge < -0.3 is 8.83 Å². The topological polar surface area (TPSA) is 52.1 Å². The van der Waals surface area contributed by atoms with Gasteiger partial charge in [-0.15, -0.1) is 21.5 Å². The number of thiophene rings is 1. The summed E-state index contributed by atoms with van der Waals surface area (Å²) in [5.74, 6) is 2.22. The first-order valence-corrected chi connectivity index (χ1v) is 9.23. The van der Waals surface area contributed by atoms with Gasteiger partial charge in [0.2, 0.25) is 0 Å². The van der Waals surface area contributed by atoms with E-state index < -0.39 is 0 Å². The van der Waals surface area contributed by atoms with Crippen LogP contribution in [-0.4, -0.2) is 10.2 Å². The molecule has 0 aliphatic carbocycles. The number of benzene rings is 1. The van der Waals surface area contributed by atoms with E-state index in [4.69, 9.17) is 20.4 Å². The van der Waals surface area contributed by atoms with Gasteiger partial charge in [0.05, 0.1) is 5.56 Å². The van der Waals surface area contributed by atoms with E-state index in [-0.39, 0.29) is 5.89 Å². The molecule has 0 unspecified atom stereocenters. The van der Waals surface area contributed by atoms with Crippen LogP contribution in [-0.2, 0) is 0 Å². The predicted octanol–water partition coefficient (Wildman–Crippen LogP) is 6.41. The van der Waals surface area contributed by atoms with Gasteiger partial charge >= 0.3 is 0 Å². The van der Waals surface area contributed by atoms with Crippen LogP contribution in [0.5, 0.6) is 0 Å². The summed E-state index contributed by atoms with van der Waals surface area (Å²) < 4.78 is 11.2. The largest absolute Gasteiger partial charge is 0.466 e. The number of hydrogen-bond donors (Lipinski definition) is 0. The van der Waals surface area contributed by atoms with Gasteiger partial charge in [-0.3, -0.25) is 0 Å². The summed E-state index contributed by atoms with van der Waals surface area (Å²) in [5.41, 5.74) is 1.97. The van der Waals surface area contributed by atoms with Gasteiger partial charge in [-0.05, 0) is 43.7 Å². The molecule has 4 aromatic rings. The van der Waals surface area contributed by atoms with Gasteiger partial charge in [0, 0.05) is 9.75 Å². The van der Waals surface area contributed by atoms with Gasteiger partial charge in [0.25, 0.3) is 11.8 Å². The molecule has 0 fully saturated rings. The Balaban J connectivity index is 1.59. The molecule has 0 saturated heterocycles. The highest BCUT2D eigenvalue weighted by molar-refractivity contribution is 7.16. The second-order valence-corrected chi connectivity index (χ2v) is 7.32. The molecule has 130 valence electrons. The fourth-order valence-corrected chi connectivity index (χ4v) is 3.86. The van der Waals surface area contributed by atoms with Crippen molar-refractivity contribution >= 4 is 34.0 Å². The van der Waals surface area contributed by atoms with Gasteiger partial charge in [-0.25, -0.2) is 0 Å². The van der Waals surface area contributed by atoms with E-state index in [9.17, 15) is 0 Å². The van der Waals surface area contributed by atoms with E-state index in [1.807, 2.05) is 50.3 Å². The standard InChI is InChI=1S/C20H15ClN2O2S/c1-12-10-16(13(2)24-12)19-22-23-20(25-19)17(21)11-15-8-9-18(26-15)14-6-4-3-5-7-14/h3-11H,1-2H3/b17-11-. The maximum absolute atomic E-state index is 6.39. The number of aryl methyl sites for hydroxylation is 2. The van der Waals surface area contributed by atoms with Gasteiger partial charge in [-0.2, -0.15) is 0 Å². The van der Waals surface area contributed by atoms with Crippen molar-refractivity contribution in [3.63, 3.8) is 0 Å². The third-order valence-corrected chi connectivity index (χ3v) is 5.21. The lowest BCUT2D eigenvalue weighted by molar-refractivity contribution is 0.502. The molecule has 4 rings (SSSR count). The molecule has 6 heteroatoms. The second-order valence-electron chi connectivity index (χ2n) is 5.80. The Morgan fingerprint density at radius 1 is 1.04 bits per heavy atom. The van der Waals surface area contributed by atoms with Crippen molar-refractivity contribution in [2.45, 2.75) is 13.8 Å². The number of hydrogen-bond acceptors (Lipinski definition) is 5. The lowest BCUT2D eigenvalue weighted by atomic mass is 10.2. The Bertz CT molecular complexity index is 1080. The van der Waals surface area contributed by atoms with Crippen LogP contribution in [0.2, 0.25) is 0 Å². The molecule has 0 aliphatic rings. The highest BCUT2D eigenvalue weighted by atomic mass is 35.5. The van der Waals surface area contributed by atoms with Crippen molar-refractivity contribution in [1.29, 1.82) is 0 Å². The summed E-state index contributed by atoms with van der Waals surface area (Å²) in [7, 11) is 0. The maximum Gasteiger partial charge on any atom is 0.259 e. The highest BCUT2D eigenvalue weighted by Gasteiger charge is 2.16. The first kappa shape index (κ1) is 16.8. The van der Waals surface area contributed by atoms with E-state index >= 15 is 0 Å². The summed E-state index contributed by atoms with van der Waals surface area (Å²) in [6.07, 6.45) is 1.84. The zero-order chi connectivity index (χ0) is 18.1. The zero-order valence-electron chi connectivity index (χ0n) is 14.2. The van der Waals surface area contributed by atoms with E-state index in [1.165, 1.54) is 10.4 Å². The van der Waals surface area contributed by atoms with Crippen LogP contribution >= 0.6 is 22.9 Å². The van der Waals surface area contributed by atoms with E-state index in [0.29, 0.717) is 10.9 Å². The van der Waals surface area contributed by atoms with Crippen molar-refractivity contribution in [3.05, 3.63) is 70.8 Å². The summed E-state index contributed by atoms with van der Waals surface area (Å²) in [4.78, 5) is 2.20. The molecule has 0 amide bonds. The lowest BCUT2D eigenvalue weighted by Gasteiger charge is -1.94. The number of halogens is 1. The molecule has 0 atom stereocenters. The third kappa shape index (κ3) is 3.36. The third-order valence-electron chi connectivity index (χ3n) is 3.85. The van der Waals surface area contributed by atoms with Crippen LogP contribution in [0.4, 0.5) is 0 Å². The normalized spacial score (nSPS) is 11.9. The summed E-state index contributed by atoms with van der Waals surface area (Å²) in [5, 5.41) is 8.53. The molecule has 3 aromatic heterocycles. The average molecular weight is 383 g/mol. The Hall–Kier alpha value is -2.63. The molecule has 0 radical (unpaired) electrons. The van der Waals surface area contributed by atoms with Crippen molar-refractivity contribution < 1.29 is 8.83 Å². The van der Waals surface area contributed by atoms with Gasteiger partial charge in [-0.1, -0.05) is 41.9 Å². The van der Waals surface area contributed by atoms with Gasteiger partial charge in [0.1, 0.15) is 16.6 Å². The first-order chi connectivity index (χ1) is 12.6. The fourth-order valence-electron chi connectivity index (χ4n) is 2.65. The van der Waals surface area contributed by atoms with Crippen LogP contribution < -0.4 is 0 Å². The van der Waals surface area contributed by atoms with Crippen molar-refractivity contribution in [2.24, 2.45) is 0 Å². The molecule has 0 aliphatic heterocycles. The Labute approximate surface area is 159 Å². The molecule has 26 heavy (non-hydrogen) atoms. The molecule has 3 heterocycles. The van der Waals surface area contributed by atoms with E-state index in [2.05, 4.69) is 28.4 Å². The Morgan fingerprint density at radius 2 is 1.85 bits per heavy atom. The summed E-state index contributed by atoms with van der Waals surface area (Å²) in [6, 6.07) is 16.2. The minimum absolute atomic E-state index is 0.287. The number of furan rings is 1. The molecule has 0 spiro atoms. The average Bonchev–Trinajstić information content (AvgIpc) is 3.35. The van der Waals surface area contributed by atoms with E-state index in [0.717, 1.165) is 22.0 Å². The van der Waals surface area contributed by atoms with Crippen molar-refractivity contribution in [3.8, 4) is 21.9 Å². The van der Waals surface area contributed by atoms with Crippen molar-refractivity contribution in [2.75, 3.05) is 0 Å². The maximum atomic E-state index is 6.39. The monoisotopic (exact) mass is 382 g/mol. The highest BCUT2D eigenvalue weighted by Crippen LogP contribution is 2.32. The molecule has 0 bridgehead atoms. The minimum Gasteiger partial charge on any atom is -0.466 e. The van der Waals surface area contributed by atoms with Crippen LogP contribution in [0.25, 0.3) is 33.0 Å². The molecule has 0 N–H and O–H groups in total. The predicted molar refractivity (Wildman–Crippen MR) is 105 cm³/mol. The Morgan fingerprint density at radius 3 is 2.58 bits per heavy atom. The number of nitrogens with zero attached hydrogens (tertiary/aromatic N) is 2. The number of aromatic nitrogens is 2.